The lowest BCUT2D eigenvalue weighted by Gasteiger charge is -2.31. The number of aryl methyl sites for hydroxylation is 1. The van der Waals surface area contributed by atoms with Crippen molar-refractivity contribution in [2.24, 2.45) is 5.73 Å². The van der Waals surface area contributed by atoms with Gasteiger partial charge in [-0.2, -0.15) is 5.10 Å². The molecule has 3 N–H and O–H groups in total. The molecule has 10 nitrogen and oxygen atoms in total. The number of ether oxygens (including phenoxy) is 2. The molecule has 52 heavy (non-hydrogen) atoms. The van der Waals surface area contributed by atoms with E-state index in [1.54, 1.807) is 24.7 Å². The van der Waals surface area contributed by atoms with Gasteiger partial charge < -0.3 is 25.4 Å². The van der Waals surface area contributed by atoms with Gasteiger partial charge in [0, 0.05) is 53.1 Å². The van der Waals surface area contributed by atoms with Gasteiger partial charge in [0.05, 0.1) is 25.5 Å². The molecule has 5 rings (SSSR count). The number of nitrogens with one attached hydrogen (secondary N) is 1. The zero-order valence-electron chi connectivity index (χ0n) is 30.2. The van der Waals surface area contributed by atoms with Crippen LogP contribution in [-0.2, 0) is 27.3 Å². The Bertz CT molecular complexity index is 1890. The summed E-state index contributed by atoms with van der Waals surface area (Å²) in [7, 11) is 0. The van der Waals surface area contributed by atoms with Gasteiger partial charge in [-0.25, -0.2) is 4.39 Å². The fraction of sp³-hybridized carbons (Fsp3) is 0.400. The Kier molecular flexibility index (Phi) is 13.1. The maximum atomic E-state index is 15.3. The minimum absolute atomic E-state index is 0.0563. The first-order valence-corrected chi connectivity index (χ1v) is 18.2. The van der Waals surface area contributed by atoms with Crippen LogP contribution in [0.3, 0.4) is 0 Å². The van der Waals surface area contributed by atoms with E-state index in [9.17, 15) is 14.4 Å². The lowest BCUT2D eigenvalue weighted by atomic mass is 9.93. The molecule has 1 aromatic heterocycles. The van der Waals surface area contributed by atoms with Crippen molar-refractivity contribution < 1.29 is 28.2 Å². The molecule has 0 aliphatic carbocycles. The Labute approximate surface area is 309 Å². The molecule has 0 saturated heterocycles. The number of hydrogen-bond acceptors (Lipinski definition) is 7. The van der Waals surface area contributed by atoms with Crippen LogP contribution >= 0.6 is 11.6 Å². The van der Waals surface area contributed by atoms with Crippen LogP contribution in [0.4, 0.5) is 10.1 Å². The zero-order valence-corrected chi connectivity index (χ0v) is 31.0. The van der Waals surface area contributed by atoms with Crippen molar-refractivity contribution in [3.05, 3.63) is 99.6 Å². The topological polar surface area (TPSA) is 129 Å². The van der Waals surface area contributed by atoms with Crippen molar-refractivity contribution >= 4 is 35.1 Å². The molecule has 1 aliphatic heterocycles. The molecule has 0 saturated carbocycles. The smallest absolute Gasteiger partial charge is 0.323 e. The van der Waals surface area contributed by atoms with E-state index in [4.69, 9.17) is 26.8 Å². The van der Waals surface area contributed by atoms with Crippen LogP contribution in [0.1, 0.15) is 78.6 Å². The number of aromatic nitrogens is 2. The Balaban J connectivity index is 1.18. The summed E-state index contributed by atoms with van der Waals surface area (Å²) in [6.45, 7) is 9.00. The number of rotatable bonds is 15. The molecule has 2 heterocycles. The SMILES string of the molecule is Cc1cccc(OCCCC(=O)N2CCCc3c(-c4cnn(Cc5c(F)cc(C(=O)NCCC[C@H](N)C(=O)OC(C)C)cc5Cl)c4)cccc32)c1C. The molecule has 1 atom stereocenters. The van der Waals surface area contributed by atoms with Gasteiger partial charge in [0.2, 0.25) is 5.91 Å². The fourth-order valence-electron chi connectivity index (χ4n) is 6.27. The fourth-order valence-corrected chi connectivity index (χ4v) is 6.54. The van der Waals surface area contributed by atoms with Gasteiger partial charge in [-0.1, -0.05) is 35.9 Å². The summed E-state index contributed by atoms with van der Waals surface area (Å²) in [6.07, 6.45) is 6.72. The summed E-state index contributed by atoms with van der Waals surface area (Å²) in [5.74, 6) is -0.686. The minimum Gasteiger partial charge on any atom is -0.493 e. The van der Waals surface area contributed by atoms with Crippen LogP contribution in [0.5, 0.6) is 5.75 Å². The van der Waals surface area contributed by atoms with E-state index < -0.39 is 23.7 Å². The number of anilines is 1. The first-order valence-electron chi connectivity index (χ1n) is 17.8. The summed E-state index contributed by atoms with van der Waals surface area (Å²) in [5, 5.41) is 7.30. The van der Waals surface area contributed by atoms with E-state index >= 15 is 4.39 Å². The van der Waals surface area contributed by atoms with Crippen molar-refractivity contribution in [1.82, 2.24) is 15.1 Å². The van der Waals surface area contributed by atoms with Gasteiger partial charge in [-0.3, -0.25) is 19.1 Å². The van der Waals surface area contributed by atoms with E-state index in [1.165, 1.54) is 11.6 Å². The monoisotopic (exact) mass is 731 g/mol. The molecule has 0 radical (unpaired) electrons. The van der Waals surface area contributed by atoms with Crippen molar-refractivity contribution in [3.8, 4) is 16.9 Å². The lowest BCUT2D eigenvalue weighted by molar-refractivity contribution is -0.149. The number of carbonyl (C=O) groups is 3. The van der Waals surface area contributed by atoms with Gasteiger partial charge >= 0.3 is 5.97 Å². The summed E-state index contributed by atoms with van der Waals surface area (Å²) in [4.78, 5) is 39.8. The number of esters is 1. The van der Waals surface area contributed by atoms with Crippen LogP contribution in [0, 0.1) is 19.7 Å². The predicted molar refractivity (Wildman–Crippen MR) is 200 cm³/mol. The van der Waals surface area contributed by atoms with Crippen LogP contribution in [0.15, 0.2) is 60.9 Å². The Hall–Kier alpha value is -4.74. The van der Waals surface area contributed by atoms with Gasteiger partial charge in [0.25, 0.3) is 5.91 Å². The molecule has 12 heteroatoms. The molecule has 4 aromatic rings. The third-order valence-corrected chi connectivity index (χ3v) is 9.54. The third kappa shape index (κ3) is 9.57. The van der Waals surface area contributed by atoms with E-state index in [2.05, 4.69) is 23.4 Å². The average Bonchev–Trinajstić information content (AvgIpc) is 3.59. The standard InChI is InChI=1S/C40H47ClFN5O5/c1-25(2)52-40(50)35(43)13-7-17-44-39(49)28-20-33(41)32(34(42)21-28)24-46-23-29(22-45-46)30-11-6-14-36-31(30)12-8-18-47(36)38(48)16-9-19-51-37-15-5-10-26(3)27(37)4/h5-6,10-11,14-15,20-23,25,35H,7-9,12-13,16-19,24,43H2,1-4H3,(H,44,49)/t35-/m0/s1. The molecule has 0 bridgehead atoms. The highest BCUT2D eigenvalue weighted by Gasteiger charge is 2.25. The second-order valence-corrected chi connectivity index (χ2v) is 13.8. The van der Waals surface area contributed by atoms with E-state index in [-0.39, 0.29) is 41.3 Å². The summed E-state index contributed by atoms with van der Waals surface area (Å²) in [6, 6.07) is 13.7. The third-order valence-electron chi connectivity index (χ3n) is 9.20. The molecule has 0 spiro atoms. The molecule has 3 aromatic carbocycles. The van der Waals surface area contributed by atoms with E-state index in [0.717, 1.165) is 52.6 Å². The molecular formula is C40H47ClFN5O5. The highest BCUT2D eigenvalue weighted by Crippen LogP contribution is 2.36. The highest BCUT2D eigenvalue weighted by molar-refractivity contribution is 6.31. The first kappa shape index (κ1) is 38.5. The Morgan fingerprint density at radius 3 is 2.65 bits per heavy atom. The van der Waals surface area contributed by atoms with Gasteiger partial charge in [0.1, 0.15) is 17.6 Å². The number of nitrogens with zero attached hydrogens (tertiary/aromatic N) is 3. The Morgan fingerprint density at radius 1 is 1.10 bits per heavy atom. The summed E-state index contributed by atoms with van der Waals surface area (Å²) < 4.78 is 28.0. The Morgan fingerprint density at radius 2 is 1.88 bits per heavy atom. The number of nitrogens with two attached hydrogens (primary N) is 1. The van der Waals surface area contributed by atoms with Crippen molar-refractivity contribution in [3.63, 3.8) is 0 Å². The van der Waals surface area contributed by atoms with Crippen LogP contribution < -0.4 is 20.7 Å². The maximum Gasteiger partial charge on any atom is 0.323 e. The molecule has 0 fully saturated rings. The highest BCUT2D eigenvalue weighted by atomic mass is 35.5. The largest absolute Gasteiger partial charge is 0.493 e. The number of benzene rings is 3. The number of halogens is 2. The number of carbonyl (C=O) groups excluding carboxylic acids is 3. The van der Waals surface area contributed by atoms with Gasteiger partial charge in [-0.15, -0.1) is 0 Å². The molecule has 1 aliphatic rings. The quantitative estimate of drug-likeness (QED) is 0.100. The predicted octanol–water partition coefficient (Wildman–Crippen LogP) is 6.94. The molecule has 276 valence electrons. The average molecular weight is 732 g/mol. The summed E-state index contributed by atoms with van der Waals surface area (Å²) in [5.41, 5.74) is 12.2. The second-order valence-electron chi connectivity index (χ2n) is 13.4. The molecule has 2 amide bonds. The first-order chi connectivity index (χ1) is 24.9. The number of hydrogen-bond donors (Lipinski definition) is 2. The minimum atomic E-state index is -0.782. The number of amides is 2. The van der Waals surface area contributed by atoms with Crippen LogP contribution in [-0.4, -0.2) is 59.4 Å². The zero-order chi connectivity index (χ0) is 37.4. The van der Waals surface area contributed by atoms with E-state index in [0.29, 0.717) is 38.8 Å². The van der Waals surface area contributed by atoms with Crippen molar-refractivity contribution in [2.45, 2.75) is 84.9 Å². The second kappa shape index (κ2) is 17.7. The van der Waals surface area contributed by atoms with Crippen molar-refractivity contribution in [2.75, 3.05) is 24.6 Å². The molecular weight excluding hydrogens is 685 g/mol. The normalized spacial score (nSPS) is 13.1. The lowest BCUT2D eigenvalue weighted by Crippen LogP contribution is -2.35. The van der Waals surface area contributed by atoms with Crippen LogP contribution in [0.2, 0.25) is 5.02 Å². The van der Waals surface area contributed by atoms with Gasteiger partial charge in [0.15, 0.2) is 0 Å². The van der Waals surface area contributed by atoms with Crippen molar-refractivity contribution in [1.29, 1.82) is 0 Å². The molecule has 0 unspecified atom stereocenters. The maximum absolute atomic E-state index is 15.3. The van der Waals surface area contributed by atoms with Crippen LogP contribution in [0.25, 0.3) is 11.1 Å². The number of fused-ring (bicyclic) bond motifs is 1. The van der Waals surface area contributed by atoms with Gasteiger partial charge in [-0.05, 0) is 106 Å². The summed E-state index contributed by atoms with van der Waals surface area (Å²) >= 11 is 6.49. The van der Waals surface area contributed by atoms with E-state index in [1.807, 2.05) is 48.4 Å².